The zero-order chi connectivity index (χ0) is 20.1. The highest BCUT2D eigenvalue weighted by molar-refractivity contribution is 14.0. The number of furan rings is 1. The molecule has 0 unspecified atom stereocenters. The van der Waals surface area contributed by atoms with E-state index >= 15 is 0 Å². The van der Waals surface area contributed by atoms with Crippen molar-refractivity contribution in [3.05, 3.63) is 59.1 Å². The maximum atomic E-state index is 6.09. The first-order chi connectivity index (χ1) is 14.2. The smallest absolute Gasteiger partial charge is 0.216 e. The van der Waals surface area contributed by atoms with E-state index < -0.39 is 0 Å². The molecule has 30 heavy (non-hydrogen) atoms. The van der Waals surface area contributed by atoms with E-state index in [-0.39, 0.29) is 24.0 Å². The predicted octanol–water partition coefficient (Wildman–Crippen LogP) is 3.23. The van der Waals surface area contributed by atoms with E-state index in [1.165, 1.54) is 5.56 Å². The lowest BCUT2D eigenvalue weighted by molar-refractivity contribution is 0.172. The lowest BCUT2D eigenvalue weighted by atomic mass is 10.2. The molecule has 3 aromatic rings. The molecule has 1 aliphatic heterocycles. The van der Waals surface area contributed by atoms with Crippen LogP contribution in [0, 0.1) is 0 Å². The van der Waals surface area contributed by atoms with E-state index in [1.807, 2.05) is 30.3 Å². The molecule has 0 spiro atoms. The van der Waals surface area contributed by atoms with Gasteiger partial charge in [0.1, 0.15) is 5.82 Å². The van der Waals surface area contributed by atoms with Gasteiger partial charge in [0.25, 0.3) is 0 Å². The number of aliphatic imine (C=N–C) groups is 1. The number of benzene rings is 1. The largest absolute Gasteiger partial charge is 0.461 e. The maximum absolute atomic E-state index is 6.09. The summed E-state index contributed by atoms with van der Waals surface area (Å²) in [6.45, 7) is 5.19. The Kier molecular flexibility index (Phi) is 8.11. The van der Waals surface area contributed by atoms with Gasteiger partial charge in [-0.2, -0.15) is 0 Å². The van der Waals surface area contributed by atoms with Crippen LogP contribution in [0.15, 0.2) is 52.1 Å². The van der Waals surface area contributed by atoms with Crippen LogP contribution in [0.5, 0.6) is 0 Å². The molecule has 0 atom stereocenters. The number of aromatic nitrogens is 3. The summed E-state index contributed by atoms with van der Waals surface area (Å²) in [7, 11) is 1.80. The molecule has 10 heteroatoms. The Morgan fingerprint density at radius 1 is 1.23 bits per heavy atom. The van der Waals surface area contributed by atoms with Crippen LogP contribution in [-0.2, 0) is 13.1 Å². The minimum absolute atomic E-state index is 0. The topological polar surface area (TPSA) is 85.6 Å². The number of rotatable bonds is 5. The van der Waals surface area contributed by atoms with E-state index in [2.05, 4.69) is 41.4 Å². The van der Waals surface area contributed by atoms with Gasteiger partial charge >= 0.3 is 0 Å². The average Bonchev–Trinajstić information content (AvgIpc) is 3.41. The van der Waals surface area contributed by atoms with Gasteiger partial charge in [-0.05, 0) is 29.8 Å². The van der Waals surface area contributed by atoms with Crippen molar-refractivity contribution in [2.75, 3.05) is 33.2 Å². The number of aromatic amines is 1. The molecule has 0 aliphatic carbocycles. The van der Waals surface area contributed by atoms with Crippen molar-refractivity contribution in [3.8, 4) is 11.6 Å². The first-order valence-corrected chi connectivity index (χ1v) is 9.96. The number of nitrogens with one attached hydrogen (secondary N) is 2. The molecular formula is C20H25ClIN7O. The zero-order valence-corrected chi connectivity index (χ0v) is 19.8. The number of hydrogen-bond donors (Lipinski definition) is 2. The molecule has 0 bridgehead atoms. The standard InChI is InChI=1S/C20H24ClN7O.HI/c1-22-20(23-13-18-24-19(26-25-18)17-6-3-11-29-17)28-9-7-27(8-10-28)14-15-4-2-5-16(21)12-15;/h2-6,11-12H,7-10,13-14H2,1H3,(H,22,23)(H,24,25,26);1H. The third-order valence-corrected chi connectivity index (χ3v) is 5.10. The van der Waals surface area contributed by atoms with Crippen LogP contribution in [0.3, 0.4) is 0 Å². The van der Waals surface area contributed by atoms with Crippen LogP contribution >= 0.6 is 35.6 Å². The molecule has 4 rings (SSSR count). The van der Waals surface area contributed by atoms with Crippen LogP contribution in [-0.4, -0.2) is 64.2 Å². The van der Waals surface area contributed by atoms with E-state index in [0.717, 1.165) is 49.5 Å². The molecule has 8 nitrogen and oxygen atoms in total. The Balaban J connectivity index is 0.00000256. The van der Waals surface area contributed by atoms with Crippen molar-refractivity contribution >= 4 is 41.5 Å². The second kappa shape index (κ2) is 10.8. The fraction of sp³-hybridized carbons (Fsp3) is 0.350. The molecule has 1 aliphatic rings. The molecule has 0 amide bonds. The molecule has 0 saturated carbocycles. The molecule has 0 radical (unpaired) electrons. The molecule has 1 saturated heterocycles. The summed E-state index contributed by atoms with van der Waals surface area (Å²) in [5.74, 6) is 2.80. The summed E-state index contributed by atoms with van der Waals surface area (Å²) in [5, 5.41) is 11.3. The first-order valence-electron chi connectivity index (χ1n) is 9.59. The number of H-pyrrole nitrogens is 1. The molecule has 1 fully saturated rings. The van der Waals surface area contributed by atoms with Gasteiger partial charge < -0.3 is 14.6 Å². The molecule has 1 aromatic carbocycles. The van der Waals surface area contributed by atoms with E-state index in [9.17, 15) is 0 Å². The second-order valence-corrected chi connectivity index (χ2v) is 7.31. The summed E-state index contributed by atoms with van der Waals surface area (Å²) < 4.78 is 5.32. The van der Waals surface area contributed by atoms with Crippen molar-refractivity contribution in [1.82, 2.24) is 30.3 Å². The van der Waals surface area contributed by atoms with Crippen molar-refractivity contribution in [2.45, 2.75) is 13.1 Å². The summed E-state index contributed by atoms with van der Waals surface area (Å²) in [4.78, 5) is 13.6. The highest BCUT2D eigenvalue weighted by atomic mass is 127. The lowest BCUT2D eigenvalue weighted by Crippen LogP contribution is -2.52. The van der Waals surface area contributed by atoms with Crippen LogP contribution in [0.2, 0.25) is 5.02 Å². The van der Waals surface area contributed by atoms with Crippen LogP contribution in [0.4, 0.5) is 0 Å². The minimum Gasteiger partial charge on any atom is -0.461 e. The Bertz CT molecular complexity index is 952. The summed E-state index contributed by atoms with van der Waals surface area (Å²) in [6, 6.07) is 11.7. The van der Waals surface area contributed by atoms with Gasteiger partial charge in [-0.1, -0.05) is 23.7 Å². The number of piperazine rings is 1. The quantitative estimate of drug-likeness (QED) is 0.293. The molecule has 2 N–H and O–H groups in total. The second-order valence-electron chi connectivity index (χ2n) is 6.88. The van der Waals surface area contributed by atoms with E-state index in [4.69, 9.17) is 16.0 Å². The average molecular weight is 542 g/mol. The van der Waals surface area contributed by atoms with Crippen molar-refractivity contribution in [3.63, 3.8) is 0 Å². The first kappa shape index (κ1) is 22.6. The summed E-state index contributed by atoms with van der Waals surface area (Å²) >= 11 is 6.09. The Labute approximate surface area is 197 Å². The Morgan fingerprint density at radius 3 is 2.77 bits per heavy atom. The minimum atomic E-state index is 0. The highest BCUT2D eigenvalue weighted by Crippen LogP contribution is 2.15. The molecule has 2 aromatic heterocycles. The Morgan fingerprint density at radius 2 is 2.07 bits per heavy atom. The number of guanidine groups is 1. The predicted molar refractivity (Wildman–Crippen MR) is 128 cm³/mol. The number of nitrogens with zero attached hydrogens (tertiary/aromatic N) is 5. The third-order valence-electron chi connectivity index (χ3n) is 4.87. The molecule has 160 valence electrons. The van der Waals surface area contributed by atoms with Gasteiger partial charge in [0, 0.05) is 44.8 Å². The highest BCUT2D eigenvalue weighted by Gasteiger charge is 2.20. The molecular weight excluding hydrogens is 517 g/mol. The maximum Gasteiger partial charge on any atom is 0.216 e. The number of hydrogen-bond acceptors (Lipinski definition) is 5. The van der Waals surface area contributed by atoms with Crippen LogP contribution < -0.4 is 5.32 Å². The van der Waals surface area contributed by atoms with Gasteiger partial charge in [-0.3, -0.25) is 15.0 Å². The monoisotopic (exact) mass is 541 g/mol. The third kappa shape index (κ3) is 5.73. The SMILES string of the molecule is CN=C(NCc1nc(-c2ccco2)n[nH]1)N1CCN(Cc2cccc(Cl)c2)CC1.I. The normalized spacial score (nSPS) is 15.1. The lowest BCUT2D eigenvalue weighted by Gasteiger charge is -2.36. The zero-order valence-electron chi connectivity index (χ0n) is 16.7. The molecule has 3 heterocycles. The van der Waals surface area contributed by atoms with E-state index in [0.29, 0.717) is 18.1 Å². The van der Waals surface area contributed by atoms with Crippen molar-refractivity contribution in [1.29, 1.82) is 0 Å². The summed E-state index contributed by atoms with van der Waals surface area (Å²) in [5.41, 5.74) is 1.24. The van der Waals surface area contributed by atoms with Gasteiger partial charge in [0.2, 0.25) is 5.82 Å². The van der Waals surface area contributed by atoms with Gasteiger partial charge in [0.15, 0.2) is 11.7 Å². The van der Waals surface area contributed by atoms with Crippen molar-refractivity contribution < 1.29 is 4.42 Å². The van der Waals surface area contributed by atoms with Gasteiger partial charge in [-0.25, -0.2) is 4.98 Å². The van der Waals surface area contributed by atoms with Crippen LogP contribution in [0.25, 0.3) is 11.6 Å². The fourth-order valence-corrected chi connectivity index (χ4v) is 3.61. The van der Waals surface area contributed by atoms with Crippen molar-refractivity contribution in [2.24, 2.45) is 4.99 Å². The van der Waals surface area contributed by atoms with E-state index in [1.54, 1.807) is 13.3 Å². The summed E-state index contributed by atoms with van der Waals surface area (Å²) in [6.07, 6.45) is 1.61. The van der Waals surface area contributed by atoms with Gasteiger partial charge in [-0.15, -0.1) is 29.1 Å². The number of halogens is 2. The van der Waals surface area contributed by atoms with Gasteiger partial charge in [0.05, 0.1) is 12.8 Å². The Hall–Kier alpha value is -2.11. The fourth-order valence-electron chi connectivity index (χ4n) is 3.40. The van der Waals surface area contributed by atoms with Crippen LogP contribution in [0.1, 0.15) is 11.4 Å².